The molecule has 27 heavy (non-hydrogen) atoms. The molecule has 1 N–H and O–H groups in total. The Morgan fingerprint density at radius 2 is 1.96 bits per heavy atom. The fourth-order valence-corrected chi connectivity index (χ4v) is 4.82. The van der Waals surface area contributed by atoms with E-state index in [0.29, 0.717) is 43.9 Å². The summed E-state index contributed by atoms with van der Waals surface area (Å²) < 4.78 is 31.5. The van der Waals surface area contributed by atoms with E-state index in [1.165, 1.54) is 4.31 Å². The molecule has 0 saturated carbocycles. The van der Waals surface area contributed by atoms with Gasteiger partial charge in [0.15, 0.2) is 5.82 Å². The van der Waals surface area contributed by atoms with Crippen LogP contribution in [0.5, 0.6) is 0 Å². The Balaban J connectivity index is 1.45. The molecule has 1 aliphatic rings. The number of carbonyl (C=O) groups is 1. The molecule has 0 aliphatic carbocycles. The molecule has 0 spiro atoms. The van der Waals surface area contributed by atoms with E-state index in [0.717, 1.165) is 12.0 Å². The second kappa shape index (κ2) is 8.67. The topological polar surface area (TPSA) is 92.5 Å². The molecule has 2 heterocycles. The standard InChI is InChI=1S/C19H25N3O4S/c1-15-14-18(21-26-15)20-19(23)17-9-11-22(12-10-17)27(24,25)13-5-8-16-6-3-2-4-7-16/h2-4,6-7,14,17H,5,8-13H2,1H3,(H,20,21,23). The van der Waals surface area contributed by atoms with Crippen molar-refractivity contribution < 1.29 is 17.7 Å². The van der Waals surface area contributed by atoms with Crippen LogP contribution in [-0.4, -0.2) is 42.6 Å². The van der Waals surface area contributed by atoms with Crippen molar-refractivity contribution in [2.45, 2.75) is 32.6 Å². The monoisotopic (exact) mass is 391 g/mol. The second-order valence-corrected chi connectivity index (χ2v) is 8.98. The average Bonchev–Trinajstić information content (AvgIpc) is 3.07. The number of aryl methyl sites for hydroxylation is 2. The number of benzene rings is 1. The number of aromatic nitrogens is 1. The van der Waals surface area contributed by atoms with Crippen LogP contribution in [0.1, 0.15) is 30.6 Å². The average molecular weight is 391 g/mol. The summed E-state index contributed by atoms with van der Waals surface area (Å²) in [5, 5.41) is 6.48. The molecule has 1 aliphatic heterocycles. The number of nitrogens with one attached hydrogen (secondary N) is 1. The van der Waals surface area contributed by atoms with Crippen LogP contribution in [0, 0.1) is 12.8 Å². The molecule has 1 aromatic carbocycles. The first kappa shape index (κ1) is 19.6. The van der Waals surface area contributed by atoms with Crippen molar-refractivity contribution in [1.29, 1.82) is 0 Å². The number of anilines is 1. The number of nitrogens with zero attached hydrogens (tertiary/aromatic N) is 2. The molecule has 0 atom stereocenters. The quantitative estimate of drug-likeness (QED) is 0.783. The molecule has 0 radical (unpaired) electrons. The molecule has 1 aromatic heterocycles. The van der Waals surface area contributed by atoms with Gasteiger partial charge in [-0.2, -0.15) is 0 Å². The van der Waals surface area contributed by atoms with Crippen molar-refractivity contribution >= 4 is 21.7 Å². The van der Waals surface area contributed by atoms with Crippen molar-refractivity contribution in [2.24, 2.45) is 5.92 Å². The lowest BCUT2D eigenvalue weighted by Crippen LogP contribution is -2.42. The van der Waals surface area contributed by atoms with E-state index in [9.17, 15) is 13.2 Å². The molecule has 0 unspecified atom stereocenters. The van der Waals surface area contributed by atoms with Gasteiger partial charge in [-0.1, -0.05) is 35.5 Å². The predicted molar refractivity (Wildman–Crippen MR) is 103 cm³/mol. The van der Waals surface area contributed by atoms with Gasteiger partial charge in [-0.3, -0.25) is 4.79 Å². The number of piperidine rings is 1. The molecule has 3 rings (SSSR count). The predicted octanol–water partition coefficient (Wildman–Crippen LogP) is 2.60. The van der Waals surface area contributed by atoms with E-state index in [1.807, 2.05) is 30.3 Å². The van der Waals surface area contributed by atoms with Crippen molar-refractivity contribution in [2.75, 3.05) is 24.2 Å². The molecular weight excluding hydrogens is 366 g/mol. The Kier molecular flexibility index (Phi) is 6.28. The maximum absolute atomic E-state index is 12.5. The van der Waals surface area contributed by atoms with Crippen LogP contribution < -0.4 is 5.32 Å². The van der Waals surface area contributed by atoms with E-state index in [1.54, 1.807) is 13.0 Å². The lowest BCUT2D eigenvalue weighted by Gasteiger charge is -2.30. The van der Waals surface area contributed by atoms with E-state index in [4.69, 9.17) is 4.52 Å². The minimum atomic E-state index is -3.28. The van der Waals surface area contributed by atoms with Crippen LogP contribution >= 0.6 is 0 Å². The van der Waals surface area contributed by atoms with E-state index in [2.05, 4.69) is 10.5 Å². The Labute approximate surface area is 159 Å². The van der Waals surface area contributed by atoms with Gasteiger partial charge in [0.1, 0.15) is 5.76 Å². The Hall–Kier alpha value is -2.19. The van der Waals surface area contributed by atoms with Gasteiger partial charge in [0.05, 0.1) is 5.75 Å². The first-order chi connectivity index (χ1) is 12.9. The molecule has 0 bridgehead atoms. The molecule has 2 aromatic rings. The maximum atomic E-state index is 12.5. The summed E-state index contributed by atoms with van der Waals surface area (Å²) in [4.78, 5) is 12.3. The third kappa shape index (κ3) is 5.40. The highest BCUT2D eigenvalue weighted by Gasteiger charge is 2.31. The van der Waals surface area contributed by atoms with E-state index in [-0.39, 0.29) is 17.6 Å². The van der Waals surface area contributed by atoms with Crippen LogP contribution in [0.3, 0.4) is 0 Å². The third-order valence-corrected chi connectivity index (χ3v) is 6.76. The molecule has 146 valence electrons. The van der Waals surface area contributed by atoms with Crippen LogP contribution in [-0.2, 0) is 21.2 Å². The molecule has 1 saturated heterocycles. The number of amides is 1. The lowest BCUT2D eigenvalue weighted by atomic mass is 9.97. The summed E-state index contributed by atoms with van der Waals surface area (Å²) in [6.07, 6.45) is 2.37. The van der Waals surface area contributed by atoms with Gasteiger partial charge in [0.25, 0.3) is 0 Å². The van der Waals surface area contributed by atoms with Crippen LogP contribution in [0.15, 0.2) is 40.9 Å². The summed E-state index contributed by atoms with van der Waals surface area (Å²) in [7, 11) is -3.28. The largest absolute Gasteiger partial charge is 0.360 e. The number of sulfonamides is 1. The van der Waals surface area contributed by atoms with Gasteiger partial charge in [0, 0.05) is 25.1 Å². The van der Waals surface area contributed by atoms with Crippen molar-refractivity contribution in [3.8, 4) is 0 Å². The maximum Gasteiger partial charge on any atom is 0.228 e. The Bertz CT molecular complexity index is 856. The summed E-state index contributed by atoms with van der Waals surface area (Å²) in [6.45, 7) is 2.51. The van der Waals surface area contributed by atoms with Crippen LogP contribution in [0.25, 0.3) is 0 Å². The van der Waals surface area contributed by atoms with E-state index < -0.39 is 10.0 Å². The van der Waals surface area contributed by atoms with Gasteiger partial charge < -0.3 is 9.84 Å². The zero-order valence-electron chi connectivity index (χ0n) is 15.4. The fraction of sp³-hybridized carbons (Fsp3) is 0.474. The first-order valence-corrected chi connectivity index (χ1v) is 10.8. The van der Waals surface area contributed by atoms with Gasteiger partial charge in [-0.15, -0.1) is 0 Å². The zero-order chi connectivity index (χ0) is 19.3. The smallest absolute Gasteiger partial charge is 0.228 e. The summed E-state index contributed by atoms with van der Waals surface area (Å²) >= 11 is 0. The fourth-order valence-electron chi connectivity index (χ4n) is 3.28. The molecule has 7 nitrogen and oxygen atoms in total. The van der Waals surface area contributed by atoms with Crippen LogP contribution in [0.2, 0.25) is 0 Å². The number of hydrogen-bond donors (Lipinski definition) is 1. The van der Waals surface area contributed by atoms with E-state index >= 15 is 0 Å². The first-order valence-electron chi connectivity index (χ1n) is 9.20. The van der Waals surface area contributed by atoms with Crippen molar-refractivity contribution in [1.82, 2.24) is 9.46 Å². The van der Waals surface area contributed by atoms with Crippen molar-refractivity contribution in [3.05, 3.63) is 47.7 Å². The second-order valence-electron chi connectivity index (χ2n) is 6.89. The highest BCUT2D eigenvalue weighted by atomic mass is 32.2. The number of rotatable bonds is 7. The Morgan fingerprint density at radius 1 is 1.26 bits per heavy atom. The lowest BCUT2D eigenvalue weighted by molar-refractivity contribution is -0.120. The summed E-state index contributed by atoms with van der Waals surface area (Å²) in [6, 6.07) is 11.5. The van der Waals surface area contributed by atoms with Crippen molar-refractivity contribution in [3.63, 3.8) is 0 Å². The highest BCUT2D eigenvalue weighted by molar-refractivity contribution is 7.89. The summed E-state index contributed by atoms with van der Waals surface area (Å²) in [5.74, 6) is 0.814. The minimum Gasteiger partial charge on any atom is -0.360 e. The van der Waals surface area contributed by atoms with Crippen LogP contribution in [0.4, 0.5) is 5.82 Å². The third-order valence-electron chi connectivity index (χ3n) is 4.81. The molecule has 8 heteroatoms. The minimum absolute atomic E-state index is 0.135. The van der Waals surface area contributed by atoms with Gasteiger partial charge in [-0.25, -0.2) is 12.7 Å². The van der Waals surface area contributed by atoms with Gasteiger partial charge in [0.2, 0.25) is 15.9 Å². The SMILES string of the molecule is Cc1cc(NC(=O)C2CCN(S(=O)(=O)CCCc3ccccc3)CC2)no1. The van der Waals surface area contributed by atoms with Gasteiger partial charge in [-0.05, 0) is 38.2 Å². The highest BCUT2D eigenvalue weighted by Crippen LogP contribution is 2.22. The number of carbonyl (C=O) groups excluding carboxylic acids is 1. The zero-order valence-corrected chi connectivity index (χ0v) is 16.2. The molecular formula is C19H25N3O4S. The number of hydrogen-bond acceptors (Lipinski definition) is 5. The molecule has 1 amide bonds. The molecule has 1 fully saturated rings. The normalized spacial score (nSPS) is 16.3. The Morgan fingerprint density at radius 3 is 2.59 bits per heavy atom. The summed E-state index contributed by atoms with van der Waals surface area (Å²) in [5.41, 5.74) is 1.14. The van der Waals surface area contributed by atoms with Gasteiger partial charge >= 0.3 is 0 Å².